The molecule has 3 rings (SSSR count). The maximum Gasteiger partial charge on any atom is 0.232 e. The molecule has 0 fully saturated rings. The third kappa shape index (κ3) is 2.18. The van der Waals surface area contributed by atoms with Crippen LogP contribution in [-0.4, -0.2) is 30.4 Å². The molecule has 2 N–H and O–H groups in total. The molecule has 9 heteroatoms. The molecule has 2 heterocycles. The molecule has 18 heavy (non-hydrogen) atoms. The Bertz CT molecular complexity index is 691. The van der Waals surface area contributed by atoms with Crippen LogP contribution in [0.2, 0.25) is 10.6 Å². The number of benzene rings is 1. The third-order valence-corrected chi connectivity index (χ3v) is 2.49. The second kappa shape index (κ2) is 4.35. The summed E-state index contributed by atoms with van der Waals surface area (Å²) in [6, 6.07) is 5.42. The average Bonchev–Trinajstić information content (AvgIpc) is 2.74. The predicted molar refractivity (Wildman–Crippen MR) is 67.0 cm³/mol. The number of nitrogens with zero attached hydrogens (tertiary/aromatic N) is 5. The topological polar surface area (TPSA) is 92.3 Å². The van der Waals surface area contributed by atoms with Crippen LogP contribution in [0.15, 0.2) is 18.2 Å². The molecule has 2 aromatic heterocycles. The maximum absolute atomic E-state index is 5.68. The van der Waals surface area contributed by atoms with Crippen molar-refractivity contribution in [2.24, 2.45) is 0 Å². The van der Waals surface area contributed by atoms with Crippen LogP contribution in [0.3, 0.4) is 0 Å². The minimum absolute atomic E-state index is 0.0278. The Balaban J connectivity index is 1.95. The Labute approximate surface area is 111 Å². The molecule has 0 spiro atoms. The van der Waals surface area contributed by atoms with E-state index in [2.05, 4.69) is 35.7 Å². The van der Waals surface area contributed by atoms with Crippen molar-refractivity contribution in [2.75, 3.05) is 5.32 Å². The lowest BCUT2D eigenvalue weighted by Gasteiger charge is -2.04. The molecule has 0 aliphatic carbocycles. The van der Waals surface area contributed by atoms with Crippen LogP contribution in [0.5, 0.6) is 0 Å². The fourth-order valence-electron chi connectivity index (χ4n) is 1.43. The van der Waals surface area contributed by atoms with Crippen molar-refractivity contribution in [3.8, 4) is 0 Å². The van der Waals surface area contributed by atoms with E-state index in [0.29, 0.717) is 0 Å². The number of rotatable bonds is 2. The summed E-state index contributed by atoms with van der Waals surface area (Å²) in [5.41, 5.74) is 2.24. The van der Waals surface area contributed by atoms with Crippen molar-refractivity contribution in [2.45, 2.75) is 0 Å². The zero-order chi connectivity index (χ0) is 12.5. The number of H-pyrrole nitrogens is 1. The van der Waals surface area contributed by atoms with Crippen LogP contribution in [0, 0.1) is 0 Å². The quantitative estimate of drug-likeness (QED) is 0.748. The van der Waals surface area contributed by atoms with Gasteiger partial charge in [0.25, 0.3) is 0 Å². The van der Waals surface area contributed by atoms with Gasteiger partial charge in [0.1, 0.15) is 11.0 Å². The third-order valence-electron chi connectivity index (χ3n) is 2.15. The first-order chi connectivity index (χ1) is 8.70. The Morgan fingerprint density at radius 3 is 2.44 bits per heavy atom. The van der Waals surface area contributed by atoms with Crippen molar-refractivity contribution in [1.29, 1.82) is 0 Å². The first kappa shape index (κ1) is 11.1. The van der Waals surface area contributed by atoms with Crippen LogP contribution in [0.1, 0.15) is 0 Å². The highest BCUT2D eigenvalue weighted by Crippen LogP contribution is 2.19. The molecule has 0 aliphatic heterocycles. The number of anilines is 2. The first-order valence-electron chi connectivity index (χ1n) is 4.85. The molecule has 1 aromatic carbocycles. The van der Waals surface area contributed by atoms with E-state index in [4.69, 9.17) is 23.2 Å². The average molecular weight is 282 g/mol. The van der Waals surface area contributed by atoms with Crippen LogP contribution < -0.4 is 5.32 Å². The zero-order valence-corrected chi connectivity index (χ0v) is 10.2. The lowest BCUT2D eigenvalue weighted by atomic mass is 10.3. The molecule has 90 valence electrons. The van der Waals surface area contributed by atoms with Gasteiger partial charge in [-0.05, 0) is 41.4 Å². The molecule has 0 bridgehead atoms. The fourth-order valence-corrected chi connectivity index (χ4v) is 1.79. The summed E-state index contributed by atoms with van der Waals surface area (Å²) in [6.45, 7) is 0. The second-order valence-corrected chi connectivity index (χ2v) is 4.03. The number of aromatic nitrogens is 6. The number of fused-ring (bicyclic) bond motifs is 1. The number of hydrogen-bond acceptors (Lipinski definition) is 6. The zero-order valence-electron chi connectivity index (χ0n) is 8.72. The van der Waals surface area contributed by atoms with E-state index in [1.54, 1.807) is 6.07 Å². The highest BCUT2D eigenvalue weighted by atomic mass is 35.5. The SMILES string of the molecule is Clc1nc(Cl)nc(Nc2ccc3n[nH]nc3c2)n1. The number of halogens is 2. The smallest absolute Gasteiger partial charge is 0.232 e. The lowest BCUT2D eigenvalue weighted by molar-refractivity contribution is 0.959. The van der Waals surface area contributed by atoms with Crippen molar-refractivity contribution in [1.82, 2.24) is 30.4 Å². The van der Waals surface area contributed by atoms with E-state index < -0.39 is 0 Å². The van der Waals surface area contributed by atoms with Crippen LogP contribution in [0.25, 0.3) is 11.0 Å². The van der Waals surface area contributed by atoms with Gasteiger partial charge in [-0.3, -0.25) is 0 Å². The van der Waals surface area contributed by atoms with Gasteiger partial charge in [0.05, 0.1) is 0 Å². The van der Waals surface area contributed by atoms with E-state index >= 15 is 0 Å². The molecule has 3 aromatic rings. The molecule has 0 amide bonds. The molecule has 0 saturated heterocycles. The summed E-state index contributed by atoms with van der Waals surface area (Å²) in [7, 11) is 0. The summed E-state index contributed by atoms with van der Waals surface area (Å²) in [6.07, 6.45) is 0. The van der Waals surface area contributed by atoms with Gasteiger partial charge >= 0.3 is 0 Å². The van der Waals surface area contributed by atoms with E-state index in [-0.39, 0.29) is 16.5 Å². The standard InChI is InChI=1S/C9H5Cl2N7/c10-7-13-8(11)15-9(14-7)12-4-1-2-5-6(3-4)17-18-16-5/h1-3H,(H,16,17,18)(H,12,13,14,15). The summed E-state index contributed by atoms with van der Waals surface area (Å²) in [5.74, 6) is 0.267. The summed E-state index contributed by atoms with van der Waals surface area (Å²) >= 11 is 11.4. The maximum atomic E-state index is 5.68. The number of aromatic amines is 1. The van der Waals surface area contributed by atoms with E-state index in [1.165, 1.54) is 0 Å². The van der Waals surface area contributed by atoms with Gasteiger partial charge in [-0.15, -0.1) is 0 Å². The summed E-state index contributed by atoms with van der Waals surface area (Å²) in [5, 5.41) is 13.5. The molecule has 0 aliphatic rings. The van der Waals surface area contributed by atoms with E-state index in [9.17, 15) is 0 Å². The van der Waals surface area contributed by atoms with Crippen molar-refractivity contribution < 1.29 is 0 Å². The van der Waals surface area contributed by atoms with Crippen molar-refractivity contribution >= 4 is 45.9 Å². The van der Waals surface area contributed by atoms with Crippen LogP contribution in [-0.2, 0) is 0 Å². The normalized spacial score (nSPS) is 10.8. The van der Waals surface area contributed by atoms with Gasteiger partial charge in [-0.1, -0.05) is 0 Å². The van der Waals surface area contributed by atoms with Gasteiger partial charge in [0.2, 0.25) is 16.5 Å². The Kier molecular flexibility index (Phi) is 2.69. The monoisotopic (exact) mass is 281 g/mol. The molecule has 7 nitrogen and oxygen atoms in total. The van der Waals surface area contributed by atoms with Gasteiger partial charge in [0.15, 0.2) is 0 Å². The molecule has 0 saturated carbocycles. The number of nitrogens with one attached hydrogen (secondary N) is 2. The minimum atomic E-state index is 0.0278. The largest absolute Gasteiger partial charge is 0.324 e. The van der Waals surface area contributed by atoms with Crippen molar-refractivity contribution in [3.05, 3.63) is 28.8 Å². The van der Waals surface area contributed by atoms with Gasteiger partial charge < -0.3 is 5.32 Å². The molecular formula is C9H5Cl2N7. The fraction of sp³-hybridized carbons (Fsp3) is 0. The van der Waals surface area contributed by atoms with Crippen LogP contribution in [0.4, 0.5) is 11.6 Å². The van der Waals surface area contributed by atoms with E-state index in [1.807, 2.05) is 12.1 Å². The minimum Gasteiger partial charge on any atom is -0.324 e. The molecule has 0 atom stereocenters. The molecule has 0 radical (unpaired) electrons. The predicted octanol–water partition coefficient (Wildman–Crippen LogP) is 2.19. The van der Waals surface area contributed by atoms with Gasteiger partial charge in [-0.2, -0.15) is 30.4 Å². The Hall–Kier alpha value is -1.99. The molecular weight excluding hydrogens is 277 g/mol. The van der Waals surface area contributed by atoms with E-state index in [0.717, 1.165) is 16.7 Å². The lowest BCUT2D eigenvalue weighted by Crippen LogP contribution is -1.99. The molecule has 0 unspecified atom stereocenters. The summed E-state index contributed by atoms with van der Waals surface area (Å²) in [4.78, 5) is 11.5. The number of hydrogen-bond donors (Lipinski definition) is 2. The van der Waals surface area contributed by atoms with Crippen LogP contribution >= 0.6 is 23.2 Å². The highest BCUT2D eigenvalue weighted by molar-refractivity contribution is 6.31. The Morgan fingerprint density at radius 1 is 0.944 bits per heavy atom. The second-order valence-electron chi connectivity index (χ2n) is 3.35. The van der Waals surface area contributed by atoms with Crippen molar-refractivity contribution in [3.63, 3.8) is 0 Å². The highest BCUT2D eigenvalue weighted by Gasteiger charge is 2.05. The van der Waals surface area contributed by atoms with Gasteiger partial charge in [-0.25, -0.2) is 0 Å². The Morgan fingerprint density at radius 2 is 1.67 bits per heavy atom. The summed E-state index contributed by atoms with van der Waals surface area (Å²) < 4.78 is 0. The first-order valence-corrected chi connectivity index (χ1v) is 5.61. The van der Waals surface area contributed by atoms with Gasteiger partial charge in [0, 0.05) is 5.69 Å².